The zero-order valence-corrected chi connectivity index (χ0v) is 19.1. The number of benzene rings is 2. The van der Waals surface area contributed by atoms with Crippen molar-refractivity contribution in [2.75, 3.05) is 24.3 Å². The van der Waals surface area contributed by atoms with Gasteiger partial charge in [-0.25, -0.2) is 9.37 Å². The monoisotopic (exact) mass is 483 g/mol. The Hall–Kier alpha value is -3.37. The number of thioether (sulfide) groups is 1. The van der Waals surface area contributed by atoms with Crippen molar-refractivity contribution in [2.45, 2.75) is 12.1 Å². The number of rotatable bonds is 5. The van der Waals surface area contributed by atoms with E-state index < -0.39 is 0 Å². The molecule has 2 aromatic heterocycles. The Kier molecular flexibility index (Phi) is 5.77. The first-order valence-electron chi connectivity index (χ1n) is 10.1. The second kappa shape index (κ2) is 8.87. The van der Waals surface area contributed by atoms with Crippen molar-refractivity contribution >= 4 is 44.9 Å². The summed E-state index contributed by atoms with van der Waals surface area (Å²) in [4.78, 5) is 30.4. The number of hydrogen-bond donors (Lipinski definition) is 1. The Morgan fingerprint density at radius 3 is 2.82 bits per heavy atom. The molecule has 1 aliphatic rings. The van der Waals surface area contributed by atoms with Gasteiger partial charge in [-0.05, 0) is 54.3 Å². The van der Waals surface area contributed by atoms with E-state index in [1.807, 2.05) is 0 Å². The Balaban J connectivity index is 1.41. The van der Waals surface area contributed by atoms with Crippen LogP contribution < -0.4 is 20.3 Å². The molecular formula is C23H18FN3O4S2. The third-order valence-corrected chi connectivity index (χ3v) is 6.84. The summed E-state index contributed by atoms with van der Waals surface area (Å²) in [5.74, 6) is 0.622. The lowest BCUT2D eigenvalue weighted by Gasteiger charge is -2.19. The van der Waals surface area contributed by atoms with Crippen LogP contribution in [0.4, 0.5) is 10.1 Å². The lowest BCUT2D eigenvalue weighted by molar-refractivity contribution is -0.113. The van der Waals surface area contributed by atoms with E-state index in [2.05, 4.69) is 10.3 Å². The van der Waals surface area contributed by atoms with E-state index in [0.717, 1.165) is 11.8 Å². The molecule has 1 amide bonds. The first-order valence-corrected chi connectivity index (χ1v) is 12.0. The number of nitrogens with zero attached hydrogens (tertiary/aromatic N) is 2. The number of aromatic nitrogens is 2. The van der Waals surface area contributed by atoms with Gasteiger partial charge >= 0.3 is 0 Å². The van der Waals surface area contributed by atoms with Crippen LogP contribution in [0.3, 0.4) is 0 Å². The Labute approximate surface area is 196 Å². The number of carbonyl (C=O) groups is 1. The van der Waals surface area contributed by atoms with Gasteiger partial charge in [-0.2, -0.15) is 0 Å². The fourth-order valence-electron chi connectivity index (χ4n) is 3.43. The molecule has 7 nitrogen and oxygen atoms in total. The Morgan fingerprint density at radius 2 is 2.00 bits per heavy atom. The summed E-state index contributed by atoms with van der Waals surface area (Å²) in [7, 11) is 0. The average Bonchev–Trinajstić information content (AvgIpc) is 3.29. The van der Waals surface area contributed by atoms with Crippen molar-refractivity contribution < 1.29 is 18.7 Å². The zero-order valence-electron chi connectivity index (χ0n) is 17.5. The molecule has 2 aromatic carbocycles. The van der Waals surface area contributed by atoms with Gasteiger partial charge in [0.05, 0.1) is 17.0 Å². The fraction of sp³-hybridized carbons (Fsp3) is 0.174. The number of thiophene rings is 1. The summed E-state index contributed by atoms with van der Waals surface area (Å²) in [6.45, 7) is 2.58. The number of amides is 1. The highest BCUT2D eigenvalue weighted by molar-refractivity contribution is 7.99. The molecule has 10 heteroatoms. The van der Waals surface area contributed by atoms with Crippen molar-refractivity contribution in [3.63, 3.8) is 0 Å². The third-order valence-electron chi connectivity index (χ3n) is 5.01. The van der Waals surface area contributed by atoms with Crippen LogP contribution in [0.5, 0.6) is 11.5 Å². The van der Waals surface area contributed by atoms with Gasteiger partial charge in [-0.1, -0.05) is 11.8 Å². The molecular weight excluding hydrogens is 465 g/mol. The largest absolute Gasteiger partial charge is 0.486 e. The summed E-state index contributed by atoms with van der Waals surface area (Å²) in [6.07, 6.45) is 0. The molecule has 1 N–H and O–H groups in total. The van der Waals surface area contributed by atoms with Crippen molar-refractivity contribution in [3.05, 3.63) is 69.6 Å². The quantitative estimate of drug-likeness (QED) is 0.335. The highest BCUT2D eigenvalue weighted by atomic mass is 32.2. The van der Waals surface area contributed by atoms with E-state index >= 15 is 0 Å². The number of carbonyl (C=O) groups excluding carboxylic acids is 1. The molecule has 1 aliphatic heterocycles. The van der Waals surface area contributed by atoms with Gasteiger partial charge in [0.1, 0.15) is 23.7 Å². The van der Waals surface area contributed by atoms with Crippen LogP contribution in [0.1, 0.15) is 5.56 Å². The SMILES string of the molecule is Cc1cc(-n2c(SCC(=O)Nc3ccc4c(c3)OCCO4)nc3ccsc3c2=O)ccc1F. The lowest BCUT2D eigenvalue weighted by Crippen LogP contribution is -2.22. The van der Waals surface area contributed by atoms with E-state index in [4.69, 9.17) is 9.47 Å². The maximum absolute atomic E-state index is 13.8. The minimum absolute atomic E-state index is 0.0245. The normalized spacial score (nSPS) is 12.7. The van der Waals surface area contributed by atoms with Gasteiger partial charge in [-0.15, -0.1) is 11.3 Å². The highest BCUT2D eigenvalue weighted by Gasteiger charge is 2.17. The van der Waals surface area contributed by atoms with Crippen LogP contribution in [-0.2, 0) is 4.79 Å². The molecule has 0 atom stereocenters. The minimum atomic E-state index is -0.357. The standard InChI is InChI=1S/C23H18FN3O4S2/c1-13-10-15(3-4-16(13)24)27-22(29)21-17(6-9-32-21)26-23(27)33-12-20(28)25-14-2-5-18-19(11-14)31-8-7-30-18/h2-6,9-11H,7-8,12H2,1H3,(H,25,28). The summed E-state index contributed by atoms with van der Waals surface area (Å²) in [5, 5.41) is 4.98. The highest BCUT2D eigenvalue weighted by Crippen LogP contribution is 2.32. The molecule has 0 spiro atoms. The zero-order chi connectivity index (χ0) is 22.9. The smallest absolute Gasteiger partial charge is 0.276 e. The molecule has 0 radical (unpaired) electrons. The van der Waals surface area contributed by atoms with E-state index in [9.17, 15) is 14.0 Å². The maximum Gasteiger partial charge on any atom is 0.276 e. The van der Waals surface area contributed by atoms with Crippen molar-refractivity contribution in [3.8, 4) is 17.2 Å². The maximum atomic E-state index is 13.8. The third kappa shape index (κ3) is 4.31. The van der Waals surface area contributed by atoms with Gasteiger partial charge < -0.3 is 14.8 Å². The number of fused-ring (bicyclic) bond motifs is 2. The van der Waals surface area contributed by atoms with Crippen LogP contribution in [-0.4, -0.2) is 34.4 Å². The molecule has 0 aliphatic carbocycles. The van der Waals surface area contributed by atoms with Crippen LogP contribution in [0.2, 0.25) is 0 Å². The molecule has 0 bridgehead atoms. The van der Waals surface area contributed by atoms with Gasteiger partial charge in [0.25, 0.3) is 5.56 Å². The van der Waals surface area contributed by atoms with Crippen molar-refractivity contribution in [1.82, 2.24) is 9.55 Å². The molecule has 33 heavy (non-hydrogen) atoms. The second-order valence-corrected chi connectivity index (χ2v) is 9.16. The Morgan fingerprint density at radius 1 is 1.18 bits per heavy atom. The van der Waals surface area contributed by atoms with E-state index in [1.165, 1.54) is 28.0 Å². The molecule has 0 saturated heterocycles. The van der Waals surface area contributed by atoms with Crippen molar-refractivity contribution in [1.29, 1.82) is 0 Å². The number of ether oxygens (including phenoxy) is 2. The minimum Gasteiger partial charge on any atom is -0.486 e. The molecule has 3 heterocycles. The first kappa shape index (κ1) is 21.5. The average molecular weight is 484 g/mol. The number of hydrogen-bond acceptors (Lipinski definition) is 7. The predicted molar refractivity (Wildman–Crippen MR) is 127 cm³/mol. The molecule has 0 saturated carbocycles. The van der Waals surface area contributed by atoms with Gasteiger partial charge in [-0.3, -0.25) is 14.2 Å². The Bertz CT molecular complexity index is 1430. The number of halogens is 1. The fourth-order valence-corrected chi connectivity index (χ4v) is 5.01. The summed E-state index contributed by atoms with van der Waals surface area (Å²) < 4.78 is 26.8. The topological polar surface area (TPSA) is 82.5 Å². The molecule has 0 unspecified atom stereocenters. The number of nitrogens with one attached hydrogen (secondary N) is 1. The summed E-state index contributed by atoms with van der Waals surface area (Å²) >= 11 is 2.43. The molecule has 4 aromatic rings. The van der Waals surface area contributed by atoms with Gasteiger partial charge in [0, 0.05) is 11.8 Å². The van der Waals surface area contributed by atoms with Crippen LogP contribution in [0.15, 0.2) is 57.8 Å². The molecule has 168 valence electrons. The van der Waals surface area contributed by atoms with E-state index in [0.29, 0.717) is 57.0 Å². The van der Waals surface area contributed by atoms with Crippen LogP contribution in [0.25, 0.3) is 15.9 Å². The second-order valence-electron chi connectivity index (χ2n) is 7.30. The molecule has 5 rings (SSSR count). The summed E-state index contributed by atoms with van der Waals surface area (Å²) in [5.41, 5.74) is 1.80. The summed E-state index contributed by atoms with van der Waals surface area (Å²) in [6, 6.07) is 11.4. The number of anilines is 1. The van der Waals surface area contributed by atoms with E-state index in [-0.39, 0.29) is 23.0 Å². The van der Waals surface area contributed by atoms with E-state index in [1.54, 1.807) is 42.6 Å². The van der Waals surface area contributed by atoms with Gasteiger partial charge in [0.2, 0.25) is 5.91 Å². The molecule has 0 fully saturated rings. The lowest BCUT2D eigenvalue weighted by atomic mass is 10.2. The number of aryl methyl sites for hydroxylation is 1. The predicted octanol–water partition coefficient (Wildman–Crippen LogP) is 4.40. The van der Waals surface area contributed by atoms with Crippen LogP contribution >= 0.6 is 23.1 Å². The van der Waals surface area contributed by atoms with Crippen LogP contribution in [0, 0.1) is 12.7 Å². The van der Waals surface area contributed by atoms with Crippen molar-refractivity contribution in [2.24, 2.45) is 0 Å². The first-order chi connectivity index (χ1) is 16.0. The van der Waals surface area contributed by atoms with Gasteiger partial charge in [0.15, 0.2) is 16.7 Å².